The molecule has 1 heterocycles. The van der Waals surface area contributed by atoms with Gasteiger partial charge in [-0.25, -0.2) is 13.2 Å². The molecular formula is C28H19ClN2O6S. The summed E-state index contributed by atoms with van der Waals surface area (Å²) in [4.78, 5) is 42.9. The molecule has 38 heavy (non-hydrogen) atoms. The SMILES string of the molecule is O=C(ON1C(=O)c2ccccc2C1=O)c1cccc(S(=O)(=O)N(Cc2ccccc2)c2ccccc2Cl)c1. The molecule has 0 bridgehead atoms. The normalized spacial score (nSPS) is 12.8. The molecule has 0 radical (unpaired) electrons. The van der Waals surface area contributed by atoms with E-state index >= 15 is 0 Å². The Bertz CT molecular complexity index is 1640. The number of hydrogen-bond acceptors (Lipinski definition) is 6. The molecule has 4 aromatic carbocycles. The average Bonchev–Trinajstić information content (AvgIpc) is 3.17. The summed E-state index contributed by atoms with van der Waals surface area (Å²) in [6, 6.07) is 26.8. The van der Waals surface area contributed by atoms with Gasteiger partial charge in [-0.3, -0.25) is 13.9 Å². The van der Waals surface area contributed by atoms with E-state index in [0.717, 1.165) is 15.9 Å². The van der Waals surface area contributed by atoms with Crippen molar-refractivity contribution >= 4 is 45.1 Å². The summed E-state index contributed by atoms with van der Waals surface area (Å²) < 4.78 is 28.9. The molecule has 190 valence electrons. The van der Waals surface area contributed by atoms with Gasteiger partial charge in [0.15, 0.2) is 0 Å². The number of anilines is 1. The molecule has 0 aromatic heterocycles. The van der Waals surface area contributed by atoms with Crippen LogP contribution in [0, 0.1) is 0 Å². The standard InChI is InChI=1S/C28H19ClN2O6S/c29-24-15-6-7-16-25(24)30(18-19-9-2-1-3-10-19)38(35,36)21-12-8-11-20(17-21)28(34)37-31-26(32)22-13-4-5-14-23(22)27(31)33/h1-17H,18H2. The van der Waals surface area contributed by atoms with Crippen LogP contribution in [0.25, 0.3) is 0 Å². The fraction of sp³-hybridized carbons (Fsp3) is 0.0357. The zero-order valence-corrected chi connectivity index (χ0v) is 21.2. The summed E-state index contributed by atoms with van der Waals surface area (Å²) in [5, 5.41) is 0.604. The predicted molar refractivity (Wildman–Crippen MR) is 140 cm³/mol. The Labute approximate surface area is 223 Å². The van der Waals surface area contributed by atoms with E-state index in [0.29, 0.717) is 5.06 Å². The molecule has 0 saturated carbocycles. The molecule has 5 rings (SSSR count). The lowest BCUT2D eigenvalue weighted by atomic mass is 10.1. The highest BCUT2D eigenvalue weighted by molar-refractivity contribution is 7.92. The minimum Gasteiger partial charge on any atom is -0.324 e. The molecule has 0 saturated heterocycles. The average molecular weight is 547 g/mol. The molecule has 0 aliphatic carbocycles. The van der Waals surface area contributed by atoms with Gasteiger partial charge in [-0.2, -0.15) is 0 Å². The van der Waals surface area contributed by atoms with Crippen molar-refractivity contribution in [1.29, 1.82) is 0 Å². The van der Waals surface area contributed by atoms with E-state index in [4.69, 9.17) is 16.4 Å². The third-order valence-corrected chi connectivity index (χ3v) is 7.95. The maximum absolute atomic E-state index is 13.9. The lowest BCUT2D eigenvalue weighted by molar-refractivity contribution is -0.0584. The Hall–Kier alpha value is -4.47. The zero-order valence-electron chi connectivity index (χ0n) is 19.7. The largest absolute Gasteiger partial charge is 0.363 e. The number of carbonyl (C=O) groups is 3. The lowest BCUT2D eigenvalue weighted by Crippen LogP contribution is -2.33. The molecule has 1 aliphatic rings. The predicted octanol–water partition coefficient (Wildman–Crippen LogP) is 5.10. The maximum atomic E-state index is 13.9. The zero-order chi connectivity index (χ0) is 26.9. The highest BCUT2D eigenvalue weighted by Crippen LogP contribution is 2.32. The number of fused-ring (bicyclic) bond motifs is 1. The Morgan fingerprint density at radius 2 is 1.39 bits per heavy atom. The van der Waals surface area contributed by atoms with Crippen LogP contribution < -0.4 is 4.31 Å². The number of nitrogens with zero attached hydrogens (tertiary/aromatic N) is 2. The van der Waals surface area contributed by atoms with Crippen molar-refractivity contribution in [2.75, 3.05) is 4.31 Å². The first-order chi connectivity index (χ1) is 18.3. The van der Waals surface area contributed by atoms with Crippen molar-refractivity contribution in [1.82, 2.24) is 5.06 Å². The van der Waals surface area contributed by atoms with Crippen molar-refractivity contribution in [3.63, 3.8) is 0 Å². The number of sulfonamides is 1. The molecule has 0 fully saturated rings. The number of benzene rings is 4. The van der Waals surface area contributed by atoms with Crippen LogP contribution in [-0.4, -0.2) is 31.3 Å². The Balaban J connectivity index is 1.46. The van der Waals surface area contributed by atoms with E-state index in [1.807, 2.05) is 6.07 Å². The Kier molecular flexibility index (Phi) is 6.71. The lowest BCUT2D eigenvalue weighted by Gasteiger charge is -2.26. The number of amides is 2. The van der Waals surface area contributed by atoms with Gasteiger partial charge in [-0.1, -0.05) is 77.3 Å². The molecule has 0 atom stereocenters. The summed E-state index contributed by atoms with van der Waals surface area (Å²) in [5.41, 5.74) is 1.03. The second-order valence-corrected chi connectivity index (χ2v) is 10.6. The Morgan fingerprint density at radius 3 is 2.05 bits per heavy atom. The van der Waals surface area contributed by atoms with Gasteiger partial charge < -0.3 is 4.84 Å². The highest BCUT2D eigenvalue weighted by atomic mass is 35.5. The van der Waals surface area contributed by atoms with Crippen LogP contribution in [0.4, 0.5) is 5.69 Å². The Morgan fingerprint density at radius 1 is 0.789 bits per heavy atom. The second kappa shape index (κ2) is 10.1. The third kappa shape index (κ3) is 4.65. The monoisotopic (exact) mass is 546 g/mol. The van der Waals surface area contributed by atoms with Crippen LogP contribution >= 0.6 is 11.6 Å². The summed E-state index contributed by atoms with van der Waals surface area (Å²) >= 11 is 6.37. The number of halogens is 1. The molecule has 8 nitrogen and oxygen atoms in total. The van der Waals surface area contributed by atoms with Gasteiger partial charge >= 0.3 is 5.97 Å². The summed E-state index contributed by atoms with van der Waals surface area (Å²) in [7, 11) is -4.23. The van der Waals surface area contributed by atoms with Gasteiger partial charge in [-0.05, 0) is 48.0 Å². The smallest absolute Gasteiger partial charge is 0.324 e. The second-order valence-electron chi connectivity index (χ2n) is 8.31. The number of para-hydroxylation sites is 1. The van der Waals surface area contributed by atoms with Crippen molar-refractivity contribution in [3.8, 4) is 0 Å². The van der Waals surface area contributed by atoms with E-state index < -0.39 is 27.8 Å². The quantitative estimate of drug-likeness (QED) is 0.299. The minimum atomic E-state index is -4.23. The van der Waals surface area contributed by atoms with Crippen LogP contribution in [0.2, 0.25) is 5.02 Å². The fourth-order valence-electron chi connectivity index (χ4n) is 4.00. The van der Waals surface area contributed by atoms with Gasteiger partial charge in [0.2, 0.25) is 0 Å². The summed E-state index contributed by atoms with van der Waals surface area (Å²) in [6.45, 7) is -0.0172. The third-order valence-electron chi connectivity index (χ3n) is 5.88. The van der Waals surface area contributed by atoms with Gasteiger partial charge in [0.05, 0.1) is 38.8 Å². The van der Waals surface area contributed by atoms with E-state index in [1.54, 1.807) is 60.7 Å². The maximum Gasteiger partial charge on any atom is 0.363 e. The highest BCUT2D eigenvalue weighted by Gasteiger charge is 2.39. The van der Waals surface area contributed by atoms with Crippen molar-refractivity contribution < 1.29 is 27.6 Å². The van der Waals surface area contributed by atoms with Crippen LogP contribution in [0.15, 0.2) is 108 Å². The topological polar surface area (TPSA) is 101 Å². The van der Waals surface area contributed by atoms with E-state index in [1.165, 1.54) is 30.3 Å². The summed E-state index contributed by atoms with van der Waals surface area (Å²) in [6.07, 6.45) is 0. The van der Waals surface area contributed by atoms with Crippen molar-refractivity contribution in [2.24, 2.45) is 0 Å². The minimum absolute atomic E-state index is 0.0172. The number of carbonyl (C=O) groups excluding carboxylic acids is 3. The number of hydroxylamine groups is 2. The first kappa shape index (κ1) is 25.2. The molecular weight excluding hydrogens is 528 g/mol. The van der Waals surface area contributed by atoms with Crippen molar-refractivity contribution in [3.05, 3.63) is 130 Å². The first-order valence-corrected chi connectivity index (χ1v) is 13.2. The van der Waals surface area contributed by atoms with Crippen LogP contribution in [0.1, 0.15) is 36.6 Å². The number of imide groups is 1. The number of hydrogen-bond donors (Lipinski definition) is 0. The summed E-state index contributed by atoms with van der Waals surface area (Å²) in [5.74, 6) is -2.63. The van der Waals surface area contributed by atoms with Crippen LogP contribution in [0.3, 0.4) is 0 Å². The molecule has 0 N–H and O–H groups in total. The molecule has 10 heteroatoms. The number of rotatable bonds is 7. The molecule has 4 aromatic rings. The van der Waals surface area contributed by atoms with E-state index in [2.05, 4.69) is 0 Å². The fourth-order valence-corrected chi connectivity index (χ4v) is 5.81. The molecule has 0 spiro atoms. The van der Waals surface area contributed by atoms with Gasteiger partial charge in [-0.15, -0.1) is 0 Å². The molecule has 2 amide bonds. The van der Waals surface area contributed by atoms with Crippen LogP contribution in [0.5, 0.6) is 0 Å². The van der Waals surface area contributed by atoms with E-state index in [-0.39, 0.29) is 38.8 Å². The van der Waals surface area contributed by atoms with Crippen LogP contribution in [-0.2, 0) is 21.4 Å². The first-order valence-electron chi connectivity index (χ1n) is 11.4. The van der Waals surface area contributed by atoms with Crippen molar-refractivity contribution in [2.45, 2.75) is 11.4 Å². The van der Waals surface area contributed by atoms with Gasteiger partial charge in [0, 0.05) is 0 Å². The molecule has 0 unspecified atom stereocenters. The molecule has 1 aliphatic heterocycles. The van der Waals surface area contributed by atoms with Gasteiger partial charge in [0.25, 0.3) is 21.8 Å². The van der Waals surface area contributed by atoms with Gasteiger partial charge in [0.1, 0.15) is 0 Å². The van der Waals surface area contributed by atoms with E-state index in [9.17, 15) is 22.8 Å².